The second kappa shape index (κ2) is 13.7. The molecule has 0 saturated carbocycles. The van der Waals surface area contributed by atoms with Gasteiger partial charge in [-0.05, 0) is 77.8 Å². The fraction of sp³-hybridized carbons (Fsp3) is 0.0870. The lowest BCUT2D eigenvalue weighted by molar-refractivity contribution is 1.04. The minimum atomic E-state index is 0.637. The van der Waals surface area contributed by atoms with Crippen LogP contribution in [0.5, 0.6) is 0 Å². The first kappa shape index (κ1) is 31.0. The first-order valence-electron chi connectivity index (χ1n) is 17.1. The molecule has 240 valence electrons. The molecule has 0 saturated heterocycles. The number of pyridine rings is 1. The van der Waals surface area contributed by atoms with E-state index in [1.807, 2.05) is 37.3 Å². The van der Waals surface area contributed by atoms with Crippen LogP contribution in [-0.4, -0.2) is 19.9 Å². The van der Waals surface area contributed by atoms with Crippen molar-refractivity contribution in [2.45, 2.75) is 26.7 Å². The van der Waals surface area contributed by atoms with Crippen LogP contribution in [-0.2, 0) is 0 Å². The molecule has 0 atom stereocenters. The Morgan fingerprint density at radius 3 is 1.46 bits per heavy atom. The number of aryl methyl sites for hydroxylation is 2. The smallest absolute Gasteiger partial charge is 0.164 e. The summed E-state index contributed by atoms with van der Waals surface area (Å²) in [7, 11) is 0. The van der Waals surface area contributed by atoms with E-state index in [0.717, 1.165) is 57.6 Å². The highest BCUT2D eigenvalue weighted by Crippen LogP contribution is 2.36. The number of rotatable bonds is 7. The lowest BCUT2D eigenvalue weighted by Crippen LogP contribution is -2.00. The molecule has 0 bridgehead atoms. The van der Waals surface area contributed by atoms with Gasteiger partial charge in [0.1, 0.15) is 0 Å². The maximum Gasteiger partial charge on any atom is 0.164 e. The van der Waals surface area contributed by atoms with Crippen LogP contribution >= 0.6 is 0 Å². The standard InChI is InChI=1S/C46H36N4/c1-31-18-28-41(32(2)47-31)35-19-23-38(24-20-35)45-48-44(37-16-10-5-11-17-37)49-46(50-45)39-25-21-36(22-26-39)42-29-27-40(33-12-6-3-7-13-33)30-43(42)34-14-8-4-9-15-34/h3,5-8,10-30H,4,9H2,1-2H3. The minimum absolute atomic E-state index is 0.637. The highest BCUT2D eigenvalue weighted by Gasteiger charge is 2.15. The summed E-state index contributed by atoms with van der Waals surface area (Å²) in [6.45, 7) is 4.07. The first-order chi connectivity index (χ1) is 24.6. The van der Waals surface area contributed by atoms with Gasteiger partial charge in [0.25, 0.3) is 0 Å². The van der Waals surface area contributed by atoms with E-state index in [0.29, 0.717) is 17.5 Å². The van der Waals surface area contributed by atoms with Gasteiger partial charge in [-0.25, -0.2) is 15.0 Å². The van der Waals surface area contributed by atoms with Crippen molar-refractivity contribution in [1.29, 1.82) is 0 Å². The highest BCUT2D eigenvalue weighted by molar-refractivity contribution is 5.89. The summed E-state index contributed by atoms with van der Waals surface area (Å²) < 4.78 is 0. The van der Waals surface area contributed by atoms with Gasteiger partial charge in [0.15, 0.2) is 17.5 Å². The van der Waals surface area contributed by atoms with Crippen LogP contribution in [0, 0.1) is 13.8 Å². The second-order valence-corrected chi connectivity index (χ2v) is 12.7. The predicted molar refractivity (Wildman–Crippen MR) is 206 cm³/mol. The van der Waals surface area contributed by atoms with Crippen LogP contribution in [0.4, 0.5) is 0 Å². The summed E-state index contributed by atoms with van der Waals surface area (Å²) in [5.41, 5.74) is 14.4. The lowest BCUT2D eigenvalue weighted by atomic mass is 9.89. The zero-order valence-corrected chi connectivity index (χ0v) is 28.2. The molecule has 0 fully saturated rings. The van der Waals surface area contributed by atoms with Crippen LogP contribution in [0.25, 0.3) is 73.1 Å². The fourth-order valence-corrected chi connectivity index (χ4v) is 6.60. The Bertz CT molecular complexity index is 2360. The Morgan fingerprint density at radius 2 is 0.900 bits per heavy atom. The number of hydrogen-bond acceptors (Lipinski definition) is 4. The van der Waals surface area contributed by atoms with Gasteiger partial charge in [-0.1, -0.05) is 146 Å². The molecule has 1 aliphatic carbocycles. The maximum absolute atomic E-state index is 5.02. The molecule has 8 rings (SSSR count). The van der Waals surface area contributed by atoms with Crippen molar-refractivity contribution in [2.24, 2.45) is 0 Å². The molecule has 0 radical (unpaired) electrons. The second-order valence-electron chi connectivity index (χ2n) is 12.7. The van der Waals surface area contributed by atoms with Gasteiger partial charge in [-0.2, -0.15) is 0 Å². The maximum atomic E-state index is 5.02. The van der Waals surface area contributed by atoms with E-state index in [1.165, 1.54) is 27.8 Å². The summed E-state index contributed by atoms with van der Waals surface area (Å²) in [5.74, 6) is 1.92. The van der Waals surface area contributed by atoms with E-state index < -0.39 is 0 Å². The monoisotopic (exact) mass is 644 g/mol. The third kappa shape index (κ3) is 6.44. The number of allylic oxidation sites excluding steroid dienone is 4. The van der Waals surface area contributed by atoms with Gasteiger partial charge in [0, 0.05) is 33.6 Å². The summed E-state index contributed by atoms with van der Waals surface area (Å²) in [6.07, 6.45) is 9.02. The zero-order chi connectivity index (χ0) is 33.9. The van der Waals surface area contributed by atoms with Gasteiger partial charge in [0.05, 0.1) is 0 Å². The third-order valence-corrected chi connectivity index (χ3v) is 9.23. The molecule has 0 spiro atoms. The van der Waals surface area contributed by atoms with Crippen molar-refractivity contribution >= 4 is 5.57 Å². The number of benzene rings is 5. The van der Waals surface area contributed by atoms with E-state index in [-0.39, 0.29) is 0 Å². The van der Waals surface area contributed by atoms with Crippen molar-refractivity contribution in [1.82, 2.24) is 19.9 Å². The fourth-order valence-electron chi connectivity index (χ4n) is 6.60. The molecule has 0 aliphatic heterocycles. The van der Waals surface area contributed by atoms with Crippen LogP contribution in [0.2, 0.25) is 0 Å². The molecule has 1 aliphatic rings. The highest BCUT2D eigenvalue weighted by atomic mass is 15.0. The molecular formula is C46H36N4. The predicted octanol–water partition coefficient (Wildman–Crippen LogP) is 11.6. The zero-order valence-electron chi connectivity index (χ0n) is 28.2. The largest absolute Gasteiger partial charge is 0.258 e. The molecule has 2 aromatic heterocycles. The van der Waals surface area contributed by atoms with Crippen LogP contribution in [0.15, 0.2) is 158 Å². The molecule has 5 aromatic carbocycles. The van der Waals surface area contributed by atoms with Crippen LogP contribution < -0.4 is 0 Å². The quantitative estimate of drug-likeness (QED) is 0.173. The van der Waals surface area contributed by atoms with E-state index >= 15 is 0 Å². The van der Waals surface area contributed by atoms with E-state index in [2.05, 4.69) is 139 Å². The normalized spacial score (nSPS) is 12.5. The minimum Gasteiger partial charge on any atom is -0.258 e. The molecule has 50 heavy (non-hydrogen) atoms. The van der Waals surface area contributed by atoms with Crippen LogP contribution in [0.3, 0.4) is 0 Å². The summed E-state index contributed by atoms with van der Waals surface area (Å²) >= 11 is 0. The average Bonchev–Trinajstić information content (AvgIpc) is 3.19. The SMILES string of the molecule is Cc1ccc(-c2ccc(-c3nc(-c4ccccc4)nc(-c4ccc(-c5ccc(-c6ccccc6)cc5C5=CCCC=C5)cc4)n3)cc2)c(C)n1. The molecule has 4 heteroatoms. The number of aromatic nitrogens is 4. The average molecular weight is 645 g/mol. The number of nitrogens with zero attached hydrogens (tertiary/aromatic N) is 4. The van der Waals surface area contributed by atoms with Crippen molar-refractivity contribution in [3.63, 3.8) is 0 Å². The van der Waals surface area contributed by atoms with E-state index in [9.17, 15) is 0 Å². The van der Waals surface area contributed by atoms with E-state index in [1.54, 1.807) is 0 Å². The van der Waals surface area contributed by atoms with Crippen molar-refractivity contribution in [2.75, 3.05) is 0 Å². The molecule has 0 unspecified atom stereocenters. The first-order valence-corrected chi connectivity index (χ1v) is 17.1. The van der Waals surface area contributed by atoms with Crippen molar-refractivity contribution in [3.8, 4) is 67.5 Å². The molecule has 0 amide bonds. The Morgan fingerprint density at radius 1 is 0.400 bits per heavy atom. The van der Waals surface area contributed by atoms with Crippen molar-refractivity contribution < 1.29 is 0 Å². The van der Waals surface area contributed by atoms with Crippen LogP contribution in [0.1, 0.15) is 29.8 Å². The third-order valence-electron chi connectivity index (χ3n) is 9.23. The summed E-state index contributed by atoms with van der Waals surface area (Å²) in [4.78, 5) is 19.6. The Balaban J connectivity index is 1.17. The number of hydrogen-bond donors (Lipinski definition) is 0. The molecule has 0 N–H and O–H groups in total. The van der Waals surface area contributed by atoms with Crippen molar-refractivity contribution in [3.05, 3.63) is 175 Å². The van der Waals surface area contributed by atoms with Gasteiger partial charge in [-0.3, -0.25) is 4.98 Å². The Labute approximate surface area is 293 Å². The molecule has 4 nitrogen and oxygen atoms in total. The Kier molecular flexibility index (Phi) is 8.50. The lowest BCUT2D eigenvalue weighted by Gasteiger charge is -2.16. The molecule has 2 heterocycles. The van der Waals surface area contributed by atoms with Gasteiger partial charge in [-0.15, -0.1) is 0 Å². The van der Waals surface area contributed by atoms with Gasteiger partial charge < -0.3 is 0 Å². The summed E-state index contributed by atoms with van der Waals surface area (Å²) in [6, 6.07) is 48.7. The van der Waals surface area contributed by atoms with Gasteiger partial charge >= 0.3 is 0 Å². The summed E-state index contributed by atoms with van der Waals surface area (Å²) in [5, 5.41) is 0. The Hall–Kier alpha value is -6.26. The topological polar surface area (TPSA) is 51.6 Å². The molecule has 7 aromatic rings. The van der Waals surface area contributed by atoms with E-state index in [4.69, 9.17) is 15.0 Å². The van der Waals surface area contributed by atoms with Gasteiger partial charge in [0.2, 0.25) is 0 Å². The molecular weight excluding hydrogens is 609 g/mol.